The van der Waals surface area contributed by atoms with Gasteiger partial charge in [-0.2, -0.15) is 8.42 Å². The monoisotopic (exact) mass is 167 g/mol. The molecular weight excluding hydrogens is 158 g/mol. The highest BCUT2D eigenvalue weighted by Gasteiger charge is 2.07. The lowest BCUT2D eigenvalue weighted by Crippen LogP contribution is -2.17. The molecule has 60 valence electrons. The summed E-state index contributed by atoms with van der Waals surface area (Å²) in [4.78, 5) is 10.4. The minimum atomic E-state index is -4.01. The van der Waals surface area contributed by atoms with E-state index in [1.165, 1.54) is 0 Å². The average Bonchev–Trinajstić information content (AvgIpc) is 1.81. The molecular formula is C4H9NO4S. The van der Waals surface area contributed by atoms with Gasteiger partial charge in [-0.15, -0.1) is 0 Å². The normalized spacial score (nSPS) is 11.4. The van der Waals surface area contributed by atoms with Crippen LogP contribution in [0.2, 0.25) is 0 Å². The summed E-state index contributed by atoms with van der Waals surface area (Å²) in [7, 11) is -4.01. The fraction of sp³-hybridized carbons (Fsp3) is 0.750. The van der Waals surface area contributed by atoms with Crippen LogP contribution in [0.4, 0.5) is 0 Å². The fourth-order valence-corrected chi connectivity index (χ4v) is 0.830. The van der Waals surface area contributed by atoms with Crippen LogP contribution in [0.1, 0.15) is 6.42 Å². The van der Waals surface area contributed by atoms with Crippen molar-refractivity contribution in [3.05, 3.63) is 0 Å². The Balaban J connectivity index is 3.67. The summed E-state index contributed by atoms with van der Waals surface area (Å²) in [5.41, 5.74) is 4.88. The molecule has 0 aliphatic carbocycles. The molecule has 0 aromatic rings. The molecule has 0 unspecified atom stereocenters. The quantitative estimate of drug-likeness (QED) is 0.512. The van der Waals surface area contributed by atoms with E-state index in [1.807, 2.05) is 0 Å². The smallest absolute Gasteiger partial charge is 0.265 e. The van der Waals surface area contributed by atoms with E-state index in [0.29, 0.717) is 0 Å². The molecule has 0 amide bonds. The third-order valence-corrected chi connectivity index (χ3v) is 1.59. The summed E-state index contributed by atoms with van der Waals surface area (Å²) >= 11 is 0. The SMILES string of the molecule is NCC(=O)CCS(=O)(=O)O. The minimum absolute atomic E-state index is 0.185. The van der Waals surface area contributed by atoms with E-state index in [2.05, 4.69) is 0 Å². The number of nitrogens with two attached hydrogens (primary N) is 1. The van der Waals surface area contributed by atoms with Crippen LogP contribution in [0, 0.1) is 0 Å². The van der Waals surface area contributed by atoms with Crippen LogP contribution in [0.15, 0.2) is 0 Å². The maximum atomic E-state index is 10.4. The predicted octanol–water partition coefficient (Wildman–Crippen LogP) is -1.21. The van der Waals surface area contributed by atoms with Crippen molar-refractivity contribution in [1.82, 2.24) is 0 Å². The Kier molecular flexibility index (Phi) is 3.48. The maximum absolute atomic E-state index is 10.4. The number of carbonyl (C=O) groups excluding carboxylic acids is 1. The number of Topliss-reactive ketones (excluding diaryl/α,β-unsaturated/α-hetero) is 1. The van der Waals surface area contributed by atoms with Crippen molar-refractivity contribution in [1.29, 1.82) is 0 Å². The van der Waals surface area contributed by atoms with E-state index >= 15 is 0 Å². The Bertz CT molecular complexity index is 207. The van der Waals surface area contributed by atoms with Crippen LogP contribution in [-0.2, 0) is 14.9 Å². The number of hydrogen-bond acceptors (Lipinski definition) is 4. The molecule has 0 heterocycles. The van der Waals surface area contributed by atoms with Crippen LogP contribution in [0.5, 0.6) is 0 Å². The predicted molar refractivity (Wildman–Crippen MR) is 35.1 cm³/mol. The Morgan fingerprint density at radius 3 is 2.30 bits per heavy atom. The van der Waals surface area contributed by atoms with E-state index in [9.17, 15) is 13.2 Å². The zero-order valence-corrected chi connectivity index (χ0v) is 6.10. The number of rotatable bonds is 4. The summed E-state index contributed by atoms with van der Waals surface area (Å²) in [6.07, 6.45) is -0.213. The van der Waals surface area contributed by atoms with E-state index in [-0.39, 0.29) is 18.7 Å². The molecule has 0 bridgehead atoms. The maximum Gasteiger partial charge on any atom is 0.265 e. The third kappa shape index (κ3) is 5.67. The van der Waals surface area contributed by atoms with E-state index in [0.717, 1.165) is 0 Å². The van der Waals surface area contributed by atoms with Gasteiger partial charge < -0.3 is 5.73 Å². The lowest BCUT2D eigenvalue weighted by atomic mass is 10.3. The second-order valence-electron chi connectivity index (χ2n) is 1.78. The van der Waals surface area contributed by atoms with E-state index in [4.69, 9.17) is 10.3 Å². The number of ketones is 1. The zero-order valence-electron chi connectivity index (χ0n) is 5.28. The van der Waals surface area contributed by atoms with Crippen molar-refractivity contribution in [3.63, 3.8) is 0 Å². The first kappa shape index (κ1) is 9.54. The van der Waals surface area contributed by atoms with Crippen molar-refractivity contribution in [2.24, 2.45) is 5.73 Å². The van der Waals surface area contributed by atoms with Gasteiger partial charge in [-0.3, -0.25) is 9.35 Å². The van der Waals surface area contributed by atoms with Crippen LogP contribution >= 0.6 is 0 Å². The molecule has 0 spiro atoms. The van der Waals surface area contributed by atoms with Gasteiger partial charge in [-0.1, -0.05) is 0 Å². The van der Waals surface area contributed by atoms with Crippen molar-refractivity contribution in [2.45, 2.75) is 6.42 Å². The first-order valence-electron chi connectivity index (χ1n) is 2.62. The molecule has 0 saturated carbocycles. The highest BCUT2D eigenvalue weighted by molar-refractivity contribution is 7.85. The molecule has 5 nitrogen and oxygen atoms in total. The van der Waals surface area contributed by atoms with Crippen molar-refractivity contribution < 1.29 is 17.8 Å². The summed E-state index contributed by atoms with van der Waals surface area (Å²) in [5, 5.41) is 0. The largest absolute Gasteiger partial charge is 0.324 e. The highest BCUT2D eigenvalue weighted by atomic mass is 32.2. The van der Waals surface area contributed by atoms with Gasteiger partial charge in [-0.05, 0) is 0 Å². The van der Waals surface area contributed by atoms with Crippen LogP contribution in [0.25, 0.3) is 0 Å². The molecule has 10 heavy (non-hydrogen) atoms. The molecule has 0 saturated heterocycles. The van der Waals surface area contributed by atoms with Gasteiger partial charge in [0.15, 0.2) is 0 Å². The lowest BCUT2D eigenvalue weighted by Gasteiger charge is -1.93. The van der Waals surface area contributed by atoms with Gasteiger partial charge in [0.1, 0.15) is 5.78 Å². The molecule has 0 aromatic heterocycles. The molecule has 0 aromatic carbocycles. The molecule has 0 rings (SSSR count). The fourth-order valence-electron chi connectivity index (χ4n) is 0.345. The number of hydrogen-bond donors (Lipinski definition) is 2. The molecule has 3 N–H and O–H groups in total. The van der Waals surface area contributed by atoms with Crippen molar-refractivity contribution in [2.75, 3.05) is 12.3 Å². The highest BCUT2D eigenvalue weighted by Crippen LogP contribution is 1.88. The molecule has 0 radical (unpaired) electrons. The van der Waals surface area contributed by atoms with Crippen molar-refractivity contribution in [3.8, 4) is 0 Å². The standard InChI is InChI=1S/C4H9NO4S/c5-3-4(6)1-2-10(7,8)9/h1-3,5H2,(H,7,8,9). The van der Waals surface area contributed by atoms with Gasteiger partial charge in [0.05, 0.1) is 12.3 Å². The van der Waals surface area contributed by atoms with Crippen LogP contribution in [0.3, 0.4) is 0 Å². The Morgan fingerprint density at radius 1 is 1.50 bits per heavy atom. The zero-order chi connectivity index (χ0) is 8.20. The Labute approximate surface area is 59.0 Å². The lowest BCUT2D eigenvalue weighted by molar-refractivity contribution is -0.117. The summed E-state index contributed by atoms with van der Waals surface area (Å²) in [5.74, 6) is -0.916. The number of carbonyl (C=O) groups is 1. The Hall–Kier alpha value is -0.460. The topological polar surface area (TPSA) is 97.5 Å². The Morgan fingerprint density at radius 2 is 2.00 bits per heavy atom. The average molecular weight is 167 g/mol. The van der Waals surface area contributed by atoms with Crippen molar-refractivity contribution >= 4 is 15.9 Å². The van der Waals surface area contributed by atoms with Crippen LogP contribution in [-0.4, -0.2) is 31.1 Å². The first-order chi connectivity index (χ1) is 4.45. The van der Waals surface area contributed by atoms with E-state index < -0.39 is 15.9 Å². The van der Waals surface area contributed by atoms with Gasteiger partial charge in [0, 0.05) is 6.42 Å². The second kappa shape index (κ2) is 3.65. The van der Waals surface area contributed by atoms with E-state index in [1.54, 1.807) is 0 Å². The molecule has 0 fully saturated rings. The molecule has 0 aliphatic heterocycles. The second-order valence-corrected chi connectivity index (χ2v) is 3.35. The van der Waals surface area contributed by atoms with Crippen LogP contribution < -0.4 is 5.73 Å². The third-order valence-electron chi connectivity index (χ3n) is 0.867. The summed E-state index contributed by atoms with van der Waals surface area (Å²) in [6, 6.07) is 0. The first-order valence-corrected chi connectivity index (χ1v) is 4.23. The molecule has 0 aliphatic rings. The van der Waals surface area contributed by atoms with Gasteiger partial charge in [0.25, 0.3) is 10.1 Å². The molecule has 6 heteroatoms. The van der Waals surface area contributed by atoms with Gasteiger partial charge >= 0.3 is 0 Å². The minimum Gasteiger partial charge on any atom is -0.324 e. The summed E-state index contributed by atoms with van der Waals surface area (Å²) < 4.78 is 28.2. The molecule has 0 atom stereocenters. The summed E-state index contributed by atoms with van der Waals surface area (Å²) in [6.45, 7) is -0.185. The van der Waals surface area contributed by atoms with Gasteiger partial charge in [0.2, 0.25) is 0 Å². The van der Waals surface area contributed by atoms with Gasteiger partial charge in [-0.25, -0.2) is 0 Å².